The van der Waals surface area contributed by atoms with Crippen LogP contribution in [0.2, 0.25) is 0 Å². The molecule has 0 N–H and O–H groups in total. The summed E-state index contributed by atoms with van der Waals surface area (Å²) < 4.78 is 11.2. The number of ether oxygens (including phenoxy) is 2. The van der Waals surface area contributed by atoms with Gasteiger partial charge in [-0.1, -0.05) is 19.9 Å². The maximum Gasteiger partial charge on any atom is 0.122 e. The molecule has 0 heterocycles. The highest BCUT2D eigenvalue weighted by Crippen LogP contribution is 2.21. The van der Waals surface area contributed by atoms with Gasteiger partial charge in [0.25, 0.3) is 0 Å². The average Bonchev–Trinajstić information content (AvgIpc) is 2.30. The van der Waals surface area contributed by atoms with Gasteiger partial charge in [-0.3, -0.25) is 0 Å². The Bertz CT molecular complexity index is 326. The zero-order chi connectivity index (χ0) is 12.7. The Labute approximate surface area is 110 Å². The molecule has 0 aromatic heterocycles. The van der Waals surface area contributed by atoms with Crippen molar-refractivity contribution in [1.82, 2.24) is 0 Å². The summed E-state index contributed by atoms with van der Waals surface area (Å²) in [6, 6.07) is 7.78. The van der Waals surface area contributed by atoms with Crippen LogP contribution in [0.4, 0.5) is 0 Å². The molecule has 1 aromatic rings. The molecule has 0 saturated heterocycles. The molecule has 17 heavy (non-hydrogen) atoms. The molecule has 3 heteroatoms. The molecule has 1 unspecified atom stereocenters. The first-order valence-corrected chi connectivity index (χ1v) is 6.77. The third-order valence-corrected chi connectivity index (χ3v) is 3.23. The molecule has 0 fully saturated rings. The van der Waals surface area contributed by atoms with Gasteiger partial charge in [0.15, 0.2) is 0 Å². The first kappa shape index (κ1) is 14.2. The lowest BCUT2D eigenvalue weighted by Crippen LogP contribution is -2.19. The van der Waals surface area contributed by atoms with E-state index in [0.29, 0.717) is 25.0 Å². The Morgan fingerprint density at radius 2 is 1.82 bits per heavy atom. The molecule has 2 nitrogen and oxygen atoms in total. The summed E-state index contributed by atoms with van der Waals surface area (Å²) in [5.41, 5.74) is 0. The van der Waals surface area contributed by atoms with E-state index in [-0.39, 0.29) is 0 Å². The third-order valence-electron chi connectivity index (χ3n) is 2.76. The largest absolute Gasteiger partial charge is 0.494 e. The average molecular weight is 254 g/mol. The number of hydrogen-bond acceptors (Lipinski definition) is 3. The highest BCUT2D eigenvalue weighted by molar-refractivity contribution is 7.80. The van der Waals surface area contributed by atoms with E-state index in [1.54, 1.807) is 0 Å². The van der Waals surface area contributed by atoms with Gasteiger partial charge in [0, 0.05) is 12.0 Å². The molecule has 0 amide bonds. The van der Waals surface area contributed by atoms with Crippen LogP contribution < -0.4 is 9.47 Å². The van der Waals surface area contributed by atoms with Crippen molar-refractivity contribution >= 4 is 12.6 Å². The Hall–Kier alpha value is -0.830. The van der Waals surface area contributed by atoms with Crippen molar-refractivity contribution in [2.24, 2.45) is 11.8 Å². The maximum atomic E-state index is 5.78. The first-order chi connectivity index (χ1) is 8.17. The van der Waals surface area contributed by atoms with Crippen LogP contribution in [-0.4, -0.2) is 19.0 Å². The standard InChI is InChI=1S/C14H22O2S/c1-4-15-13-6-5-7-14(8-13)16-9-12(10-17)11(2)3/h5-8,11-12,17H,4,9-10H2,1-3H3. The van der Waals surface area contributed by atoms with E-state index in [1.807, 2.05) is 31.2 Å². The lowest BCUT2D eigenvalue weighted by molar-refractivity contribution is 0.226. The van der Waals surface area contributed by atoms with Crippen molar-refractivity contribution in [2.75, 3.05) is 19.0 Å². The smallest absolute Gasteiger partial charge is 0.122 e. The predicted molar refractivity (Wildman–Crippen MR) is 75.3 cm³/mol. The molecular formula is C14H22O2S. The minimum Gasteiger partial charge on any atom is -0.494 e. The Morgan fingerprint density at radius 1 is 1.18 bits per heavy atom. The second kappa shape index (κ2) is 7.49. The Morgan fingerprint density at radius 3 is 2.35 bits per heavy atom. The van der Waals surface area contributed by atoms with Crippen LogP contribution in [0.1, 0.15) is 20.8 Å². The summed E-state index contributed by atoms with van der Waals surface area (Å²) in [4.78, 5) is 0. The van der Waals surface area contributed by atoms with Crippen molar-refractivity contribution in [3.05, 3.63) is 24.3 Å². The second-order valence-electron chi connectivity index (χ2n) is 4.41. The lowest BCUT2D eigenvalue weighted by atomic mass is 9.99. The van der Waals surface area contributed by atoms with E-state index in [1.165, 1.54) is 0 Å². The van der Waals surface area contributed by atoms with Gasteiger partial charge in [0.2, 0.25) is 0 Å². The molecule has 0 aliphatic heterocycles. The van der Waals surface area contributed by atoms with Crippen LogP contribution in [0.15, 0.2) is 24.3 Å². The Kier molecular flexibility index (Phi) is 6.27. The van der Waals surface area contributed by atoms with Crippen molar-refractivity contribution in [2.45, 2.75) is 20.8 Å². The second-order valence-corrected chi connectivity index (χ2v) is 4.77. The zero-order valence-electron chi connectivity index (χ0n) is 10.8. The highest BCUT2D eigenvalue weighted by Gasteiger charge is 2.12. The number of thiol groups is 1. The first-order valence-electron chi connectivity index (χ1n) is 6.13. The van der Waals surface area contributed by atoms with E-state index < -0.39 is 0 Å². The lowest BCUT2D eigenvalue weighted by Gasteiger charge is -2.19. The summed E-state index contributed by atoms with van der Waals surface area (Å²) in [6.45, 7) is 7.75. The minimum absolute atomic E-state index is 0.481. The fourth-order valence-electron chi connectivity index (χ4n) is 1.48. The van der Waals surface area contributed by atoms with E-state index in [2.05, 4.69) is 26.5 Å². The third kappa shape index (κ3) is 4.90. The van der Waals surface area contributed by atoms with Gasteiger partial charge in [0.1, 0.15) is 11.5 Å². The number of benzene rings is 1. The molecule has 0 radical (unpaired) electrons. The quantitative estimate of drug-likeness (QED) is 0.748. The monoisotopic (exact) mass is 254 g/mol. The normalized spacial score (nSPS) is 12.5. The highest BCUT2D eigenvalue weighted by atomic mass is 32.1. The van der Waals surface area contributed by atoms with Crippen molar-refractivity contribution in [1.29, 1.82) is 0 Å². The minimum atomic E-state index is 0.481. The summed E-state index contributed by atoms with van der Waals surface area (Å²) in [5, 5.41) is 0. The van der Waals surface area contributed by atoms with Crippen LogP contribution in [0.25, 0.3) is 0 Å². The van der Waals surface area contributed by atoms with E-state index >= 15 is 0 Å². The SMILES string of the molecule is CCOc1cccc(OCC(CS)C(C)C)c1. The summed E-state index contributed by atoms with van der Waals surface area (Å²) in [7, 11) is 0. The zero-order valence-corrected chi connectivity index (χ0v) is 11.7. The van der Waals surface area contributed by atoms with E-state index in [4.69, 9.17) is 9.47 Å². The van der Waals surface area contributed by atoms with E-state index in [9.17, 15) is 0 Å². The molecule has 96 valence electrons. The van der Waals surface area contributed by atoms with E-state index in [0.717, 1.165) is 17.3 Å². The fourth-order valence-corrected chi connectivity index (χ4v) is 2.01. The van der Waals surface area contributed by atoms with Gasteiger partial charge >= 0.3 is 0 Å². The molecule has 0 spiro atoms. The van der Waals surface area contributed by atoms with Crippen LogP contribution >= 0.6 is 12.6 Å². The number of hydrogen-bond donors (Lipinski definition) is 1. The van der Waals surface area contributed by atoms with Gasteiger partial charge < -0.3 is 9.47 Å². The predicted octanol–water partition coefficient (Wildman–Crippen LogP) is 3.67. The summed E-state index contributed by atoms with van der Waals surface area (Å²) in [5.74, 6) is 3.64. The molecule has 0 bridgehead atoms. The Balaban J connectivity index is 2.53. The topological polar surface area (TPSA) is 18.5 Å². The van der Waals surface area contributed by atoms with Gasteiger partial charge in [-0.15, -0.1) is 0 Å². The van der Waals surface area contributed by atoms with Gasteiger partial charge in [-0.05, 0) is 30.7 Å². The number of rotatable bonds is 7. The molecule has 0 aliphatic carbocycles. The molecule has 0 aliphatic rings. The van der Waals surface area contributed by atoms with Crippen LogP contribution in [0.5, 0.6) is 11.5 Å². The van der Waals surface area contributed by atoms with Gasteiger partial charge in [0.05, 0.1) is 13.2 Å². The van der Waals surface area contributed by atoms with Gasteiger partial charge in [-0.2, -0.15) is 12.6 Å². The molecular weight excluding hydrogens is 232 g/mol. The van der Waals surface area contributed by atoms with Crippen molar-refractivity contribution in [3.63, 3.8) is 0 Å². The molecule has 1 rings (SSSR count). The maximum absolute atomic E-state index is 5.78. The summed E-state index contributed by atoms with van der Waals surface area (Å²) >= 11 is 4.35. The van der Waals surface area contributed by atoms with Crippen molar-refractivity contribution in [3.8, 4) is 11.5 Å². The fraction of sp³-hybridized carbons (Fsp3) is 0.571. The van der Waals surface area contributed by atoms with Gasteiger partial charge in [-0.25, -0.2) is 0 Å². The van der Waals surface area contributed by atoms with Crippen LogP contribution in [0.3, 0.4) is 0 Å². The van der Waals surface area contributed by atoms with Crippen molar-refractivity contribution < 1.29 is 9.47 Å². The summed E-state index contributed by atoms with van der Waals surface area (Å²) in [6.07, 6.45) is 0. The van der Waals surface area contributed by atoms with Crippen LogP contribution in [0, 0.1) is 11.8 Å². The molecule has 1 aromatic carbocycles. The molecule has 0 saturated carbocycles. The molecule has 1 atom stereocenters. The van der Waals surface area contributed by atoms with Crippen LogP contribution in [-0.2, 0) is 0 Å².